The maximum Gasteiger partial charge on any atom is 0.105 e. The molecule has 3 nitrogen and oxygen atoms in total. The van der Waals surface area contributed by atoms with Gasteiger partial charge in [0.1, 0.15) is 5.76 Å². The maximum atomic E-state index is 5.70. The minimum Gasteiger partial charge on any atom is -0.469 e. The lowest BCUT2D eigenvalue weighted by Gasteiger charge is -2.18. The zero-order chi connectivity index (χ0) is 9.84. The van der Waals surface area contributed by atoms with Crippen LogP contribution in [-0.2, 0) is 6.54 Å². The van der Waals surface area contributed by atoms with Crippen LogP contribution in [0.3, 0.4) is 0 Å². The first kappa shape index (κ1) is 10.3. The molecule has 0 aliphatic heterocycles. The van der Waals surface area contributed by atoms with Crippen molar-refractivity contribution in [1.29, 1.82) is 0 Å². The van der Waals surface area contributed by atoms with E-state index in [0.29, 0.717) is 0 Å². The molecule has 0 fully saturated rings. The van der Waals surface area contributed by atoms with Crippen molar-refractivity contribution < 1.29 is 4.42 Å². The van der Waals surface area contributed by atoms with Crippen LogP contribution < -0.4 is 5.73 Å². The Kier molecular flexibility index (Phi) is 3.51. The van der Waals surface area contributed by atoms with Gasteiger partial charge in [-0.3, -0.25) is 0 Å². The van der Waals surface area contributed by atoms with Crippen LogP contribution >= 0.6 is 0 Å². The predicted octanol–water partition coefficient (Wildman–Crippen LogP) is 1.37. The molecule has 1 aromatic rings. The van der Waals surface area contributed by atoms with Gasteiger partial charge in [0.25, 0.3) is 0 Å². The second-order valence-electron chi connectivity index (χ2n) is 3.68. The van der Waals surface area contributed by atoms with Crippen LogP contribution in [0.4, 0.5) is 0 Å². The number of likely N-dealkylation sites (N-methyl/N-ethyl adjacent to an activating group) is 1. The Morgan fingerprint density at radius 2 is 2.31 bits per heavy atom. The van der Waals surface area contributed by atoms with Crippen molar-refractivity contribution in [3.8, 4) is 0 Å². The van der Waals surface area contributed by atoms with Crippen LogP contribution in [0.1, 0.15) is 18.2 Å². The summed E-state index contributed by atoms with van der Waals surface area (Å²) in [6, 6.07) is 2.23. The van der Waals surface area contributed by atoms with Crippen LogP contribution in [0.25, 0.3) is 0 Å². The van der Waals surface area contributed by atoms with Crippen molar-refractivity contribution in [2.75, 3.05) is 13.6 Å². The fraction of sp³-hybridized carbons (Fsp3) is 0.600. The van der Waals surface area contributed by atoms with Crippen LogP contribution in [-0.4, -0.2) is 24.5 Å². The summed E-state index contributed by atoms with van der Waals surface area (Å²) in [5, 5.41) is 0. The monoisotopic (exact) mass is 182 g/mol. The Morgan fingerprint density at radius 1 is 1.62 bits per heavy atom. The molecule has 0 aromatic carbocycles. The number of rotatable bonds is 4. The minimum atomic E-state index is 0.220. The molecule has 1 heterocycles. The number of aryl methyl sites for hydroxylation is 1. The van der Waals surface area contributed by atoms with Gasteiger partial charge in [-0.1, -0.05) is 0 Å². The lowest BCUT2D eigenvalue weighted by atomic mass is 10.2. The van der Waals surface area contributed by atoms with E-state index < -0.39 is 0 Å². The highest BCUT2D eigenvalue weighted by Gasteiger charge is 2.06. The highest BCUT2D eigenvalue weighted by Crippen LogP contribution is 2.10. The molecule has 13 heavy (non-hydrogen) atoms. The Hall–Kier alpha value is -0.800. The number of nitrogens with two attached hydrogens (primary N) is 1. The molecule has 0 spiro atoms. The minimum absolute atomic E-state index is 0.220. The Balaban J connectivity index is 2.45. The molecule has 0 bridgehead atoms. The van der Waals surface area contributed by atoms with Gasteiger partial charge in [0.15, 0.2) is 0 Å². The molecule has 2 N–H and O–H groups in total. The molecule has 0 amide bonds. The van der Waals surface area contributed by atoms with Gasteiger partial charge in [-0.05, 0) is 27.0 Å². The summed E-state index contributed by atoms with van der Waals surface area (Å²) in [7, 11) is 2.07. The summed E-state index contributed by atoms with van der Waals surface area (Å²) in [5.74, 6) is 0.997. The molecule has 0 radical (unpaired) electrons. The molecule has 0 aliphatic carbocycles. The fourth-order valence-corrected chi connectivity index (χ4v) is 1.42. The van der Waals surface area contributed by atoms with Gasteiger partial charge in [0.2, 0.25) is 0 Å². The summed E-state index contributed by atoms with van der Waals surface area (Å²) in [6.07, 6.45) is 1.73. The van der Waals surface area contributed by atoms with E-state index in [2.05, 4.69) is 11.9 Å². The zero-order valence-corrected chi connectivity index (χ0v) is 8.58. The number of hydrogen-bond donors (Lipinski definition) is 1. The second-order valence-corrected chi connectivity index (χ2v) is 3.68. The van der Waals surface area contributed by atoms with Gasteiger partial charge >= 0.3 is 0 Å². The van der Waals surface area contributed by atoms with E-state index in [1.165, 1.54) is 5.56 Å². The summed E-state index contributed by atoms with van der Waals surface area (Å²) in [5.41, 5.74) is 6.93. The molecule has 1 unspecified atom stereocenters. The van der Waals surface area contributed by atoms with Crippen molar-refractivity contribution in [2.24, 2.45) is 5.73 Å². The summed E-state index contributed by atoms with van der Waals surface area (Å²) < 4.78 is 5.21. The molecular formula is C10H18N2O. The Labute approximate surface area is 79.5 Å². The third kappa shape index (κ3) is 3.20. The van der Waals surface area contributed by atoms with Crippen LogP contribution in [0.5, 0.6) is 0 Å². The van der Waals surface area contributed by atoms with Crippen molar-refractivity contribution in [1.82, 2.24) is 4.90 Å². The molecule has 0 saturated carbocycles. The maximum absolute atomic E-state index is 5.70. The van der Waals surface area contributed by atoms with Crippen molar-refractivity contribution in [3.05, 3.63) is 23.7 Å². The van der Waals surface area contributed by atoms with Crippen LogP contribution in [0.2, 0.25) is 0 Å². The zero-order valence-electron chi connectivity index (χ0n) is 8.58. The SMILES string of the molecule is Cc1occc1CN(C)CC(C)N. The standard InChI is InChI=1S/C10H18N2O/c1-8(11)6-12(3)7-10-4-5-13-9(10)2/h4-5,8H,6-7,11H2,1-3H3. The summed E-state index contributed by atoms with van der Waals surface area (Å²) in [4.78, 5) is 2.20. The first-order valence-corrected chi connectivity index (χ1v) is 4.56. The van der Waals surface area contributed by atoms with Crippen molar-refractivity contribution in [3.63, 3.8) is 0 Å². The molecule has 0 aliphatic rings. The van der Waals surface area contributed by atoms with Gasteiger partial charge in [0, 0.05) is 24.7 Å². The first-order valence-electron chi connectivity index (χ1n) is 4.56. The summed E-state index contributed by atoms with van der Waals surface area (Å²) >= 11 is 0. The number of nitrogens with zero attached hydrogens (tertiary/aromatic N) is 1. The predicted molar refractivity (Wildman–Crippen MR) is 53.4 cm³/mol. The largest absolute Gasteiger partial charge is 0.469 e. The molecule has 3 heteroatoms. The van der Waals surface area contributed by atoms with Gasteiger partial charge in [0.05, 0.1) is 6.26 Å². The average molecular weight is 182 g/mol. The molecular weight excluding hydrogens is 164 g/mol. The van der Waals surface area contributed by atoms with Gasteiger partial charge in [-0.25, -0.2) is 0 Å². The smallest absolute Gasteiger partial charge is 0.105 e. The van der Waals surface area contributed by atoms with E-state index in [0.717, 1.165) is 18.8 Å². The highest BCUT2D eigenvalue weighted by molar-refractivity contribution is 5.14. The second kappa shape index (κ2) is 4.44. The van der Waals surface area contributed by atoms with E-state index in [1.54, 1.807) is 6.26 Å². The molecule has 1 rings (SSSR count). The van der Waals surface area contributed by atoms with Gasteiger partial charge in [-0.2, -0.15) is 0 Å². The number of furan rings is 1. The highest BCUT2D eigenvalue weighted by atomic mass is 16.3. The molecule has 0 saturated heterocycles. The Bertz CT molecular complexity index is 255. The van der Waals surface area contributed by atoms with E-state index in [-0.39, 0.29) is 6.04 Å². The van der Waals surface area contributed by atoms with E-state index in [9.17, 15) is 0 Å². The van der Waals surface area contributed by atoms with Crippen LogP contribution in [0.15, 0.2) is 16.7 Å². The lowest BCUT2D eigenvalue weighted by Crippen LogP contribution is -2.32. The fourth-order valence-electron chi connectivity index (χ4n) is 1.42. The topological polar surface area (TPSA) is 42.4 Å². The molecule has 74 valence electrons. The average Bonchev–Trinajstić information content (AvgIpc) is 2.34. The molecule has 1 aromatic heterocycles. The third-order valence-electron chi connectivity index (χ3n) is 2.01. The third-order valence-corrected chi connectivity index (χ3v) is 2.01. The van der Waals surface area contributed by atoms with E-state index in [4.69, 9.17) is 10.2 Å². The first-order chi connectivity index (χ1) is 6.09. The van der Waals surface area contributed by atoms with Gasteiger partial charge < -0.3 is 15.1 Å². The van der Waals surface area contributed by atoms with Crippen molar-refractivity contribution in [2.45, 2.75) is 26.4 Å². The Morgan fingerprint density at radius 3 is 2.77 bits per heavy atom. The normalized spacial score (nSPS) is 13.6. The lowest BCUT2D eigenvalue weighted by molar-refractivity contribution is 0.307. The van der Waals surface area contributed by atoms with E-state index in [1.807, 2.05) is 19.9 Å². The van der Waals surface area contributed by atoms with Gasteiger partial charge in [-0.15, -0.1) is 0 Å². The quantitative estimate of drug-likeness (QED) is 0.764. The van der Waals surface area contributed by atoms with Crippen molar-refractivity contribution >= 4 is 0 Å². The van der Waals surface area contributed by atoms with Crippen LogP contribution in [0, 0.1) is 6.92 Å². The van der Waals surface area contributed by atoms with E-state index >= 15 is 0 Å². The molecule has 1 atom stereocenters. The summed E-state index contributed by atoms with van der Waals surface area (Å²) in [6.45, 7) is 5.81. The number of hydrogen-bond acceptors (Lipinski definition) is 3.